The van der Waals surface area contributed by atoms with Crippen LogP contribution in [0.5, 0.6) is 5.88 Å². The molecule has 0 bridgehead atoms. The molecule has 0 saturated carbocycles. The molecular weight excluding hydrogens is 551 g/mol. The molecule has 4 rings (SSSR count). The van der Waals surface area contributed by atoms with Gasteiger partial charge in [-0.15, -0.1) is 0 Å². The Kier molecular flexibility index (Phi) is 10.3. The number of ether oxygens (including phenoxy) is 3. The summed E-state index contributed by atoms with van der Waals surface area (Å²) in [6.45, 7) is 12.1. The van der Waals surface area contributed by atoms with Crippen LogP contribution in [0, 0.1) is 12.8 Å². The summed E-state index contributed by atoms with van der Waals surface area (Å²) in [5, 5.41) is 1.20. The molecule has 1 N–H and O–H groups in total. The number of hydrogen-bond donors (Lipinski definition) is 1. The minimum Gasteiger partial charge on any atom is -0.476 e. The molecule has 234 valence electrons. The molecule has 10 heteroatoms. The number of esters is 1. The molecular formula is C33H45FN4O5. The number of aromatic amines is 1. The molecule has 0 spiro atoms. The highest BCUT2D eigenvalue weighted by molar-refractivity contribution is 5.85. The van der Waals surface area contributed by atoms with Gasteiger partial charge in [0.2, 0.25) is 5.88 Å². The topological polar surface area (TPSA) is 97.0 Å². The van der Waals surface area contributed by atoms with E-state index in [2.05, 4.69) is 40.0 Å². The fraction of sp³-hybridized carbons (Fsp3) is 0.545. The molecule has 0 fully saturated rings. The van der Waals surface area contributed by atoms with Gasteiger partial charge in [-0.3, -0.25) is 14.1 Å². The summed E-state index contributed by atoms with van der Waals surface area (Å²) in [6.07, 6.45) is 2.30. The molecule has 1 aromatic carbocycles. The van der Waals surface area contributed by atoms with Crippen LogP contribution in [0.15, 0.2) is 36.5 Å². The lowest BCUT2D eigenvalue weighted by atomic mass is 9.86. The number of H-pyrrole nitrogens is 1. The Morgan fingerprint density at radius 3 is 2.65 bits per heavy atom. The van der Waals surface area contributed by atoms with Gasteiger partial charge in [-0.1, -0.05) is 25.1 Å². The summed E-state index contributed by atoms with van der Waals surface area (Å²) in [4.78, 5) is 37.2. The predicted octanol–water partition coefficient (Wildman–Crippen LogP) is 5.99. The number of benzene rings is 1. The van der Waals surface area contributed by atoms with Crippen molar-refractivity contribution in [1.29, 1.82) is 0 Å². The highest BCUT2D eigenvalue weighted by atomic mass is 19.1. The molecule has 3 atom stereocenters. The number of carbonyl (C=O) groups is 2. The molecule has 2 aromatic heterocycles. The molecule has 0 radical (unpaired) electrons. The van der Waals surface area contributed by atoms with Crippen LogP contribution in [0.1, 0.15) is 69.5 Å². The van der Waals surface area contributed by atoms with E-state index in [4.69, 9.17) is 14.2 Å². The quantitative estimate of drug-likeness (QED) is 0.272. The number of methoxy groups -OCH3 is 1. The lowest BCUT2D eigenvalue weighted by molar-refractivity contribution is -0.145. The van der Waals surface area contributed by atoms with Gasteiger partial charge in [0, 0.05) is 47.5 Å². The van der Waals surface area contributed by atoms with Crippen LogP contribution < -0.4 is 4.74 Å². The van der Waals surface area contributed by atoms with Gasteiger partial charge < -0.3 is 24.1 Å². The molecule has 3 aromatic rings. The van der Waals surface area contributed by atoms with Crippen LogP contribution in [0.25, 0.3) is 10.9 Å². The number of nitrogens with zero attached hydrogens (tertiary/aromatic N) is 3. The number of para-hydroxylation sites is 1. The van der Waals surface area contributed by atoms with Gasteiger partial charge in [0.1, 0.15) is 12.2 Å². The summed E-state index contributed by atoms with van der Waals surface area (Å²) in [6, 6.07) is 10.3. The molecule has 1 aliphatic heterocycles. The first-order valence-corrected chi connectivity index (χ1v) is 15.0. The van der Waals surface area contributed by atoms with E-state index >= 15 is 0 Å². The molecule has 1 aliphatic rings. The fourth-order valence-electron chi connectivity index (χ4n) is 5.81. The zero-order valence-corrected chi connectivity index (χ0v) is 26.4. The van der Waals surface area contributed by atoms with Gasteiger partial charge in [-0.2, -0.15) is 0 Å². The second-order valence-electron chi connectivity index (χ2n) is 12.3. The van der Waals surface area contributed by atoms with Gasteiger partial charge in [0.25, 0.3) is 0 Å². The van der Waals surface area contributed by atoms with Gasteiger partial charge in [-0.05, 0) is 70.7 Å². The van der Waals surface area contributed by atoms with E-state index in [0.29, 0.717) is 12.4 Å². The Balaban J connectivity index is 1.64. The third-order valence-electron chi connectivity index (χ3n) is 7.91. The summed E-state index contributed by atoms with van der Waals surface area (Å²) < 4.78 is 29.7. The van der Waals surface area contributed by atoms with E-state index in [1.807, 2.05) is 26.0 Å². The normalized spacial score (nSPS) is 17.8. The van der Waals surface area contributed by atoms with Crippen molar-refractivity contribution in [3.8, 4) is 5.88 Å². The fourth-order valence-corrected chi connectivity index (χ4v) is 5.81. The highest BCUT2D eigenvalue weighted by Gasteiger charge is 2.38. The van der Waals surface area contributed by atoms with Gasteiger partial charge in [-0.25, -0.2) is 9.78 Å². The highest BCUT2D eigenvalue weighted by Crippen LogP contribution is 2.43. The van der Waals surface area contributed by atoms with Gasteiger partial charge >= 0.3 is 12.1 Å². The van der Waals surface area contributed by atoms with E-state index in [1.165, 1.54) is 23.0 Å². The maximum Gasteiger partial charge on any atom is 0.410 e. The van der Waals surface area contributed by atoms with Crippen molar-refractivity contribution < 1.29 is 28.2 Å². The number of pyridine rings is 1. The van der Waals surface area contributed by atoms with Crippen molar-refractivity contribution in [2.75, 3.05) is 40.0 Å². The molecule has 0 saturated heterocycles. The first-order valence-electron chi connectivity index (χ1n) is 15.0. The molecule has 43 heavy (non-hydrogen) atoms. The van der Waals surface area contributed by atoms with E-state index in [9.17, 15) is 14.0 Å². The van der Waals surface area contributed by atoms with Crippen molar-refractivity contribution >= 4 is 23.0 Å². The minimum atomic E-state index is -0.659. The molecule has 3 heterocycles. The molecule has 1 amide bonds. The van der Waals surface area contributed by atoms with Crippen LogP contribution in [0.4, 0.5) is 9.18 Å². The second-order valence-corrected chi connectivity index (χ2v) is 12.3. The van der Waals surface area contributed by atoms with Crippen LogP contribution in [-0.4, -0.2) is 83.5 Å². The number of aromatic nitrogens is 2. The van der Waals surface area contributed by atoms with E-state index in [-0.39, 0.29) is 50.1 Å². The Labute approximate surface area is 253 Å². The number of carbonyl (C=O) groups excluding carboxylic acids is 2. The summed E-state index contributed by atoms with van der Waals surface area (Å²) in [5.74, 6) is -0.1000. The number of halogens is 1. The largest absolute Gasteiger partial charge is 0.476 e. The van der Waals surface area contributed by atoms with Gasteiger partial charge in [0.15, 0.2) is 0 Å². The van der Waals surface area contributed by atoms with Crippen molar-refractivity contribution in [3.05, 3.63) is 58.9 Å². The predicted molar refractivity (Wildman–Crippen MR) is 164 cm³/mol. The Morgan fingerprint density at radius 2 is 1.95 bits per heavy atom. The van der Waals surface area contributed by atoms with Crippen molar-refractivity contribution in [1.82, 2.24) is 19.8 Å². The SMILES string of the molecule is COC(=O)[C@H](C)CN1[C@H](c2ccnc(OCCN(CCCF)C(=O)OC(C)(C)C)c2C)c2[nH]c3ccccc3c2C[C@H]1C. The van der Waals surface area contributed by atoms with Gasteiger partial charge in [0.05, 0.1) is 32.3 Å². The Bertz CT molecular complexity index is 1420. The Hall–Kier alpha value is -3.66. The first kappa shape index (κ1) is 32.3. The number of amides is 1. The van der Waals surface area contributed by atoms with Crippen LogP contribution in [0.2, 0.25) is 0 Å². The number of alkyl halides is 1. The average molecular weight is 597 g/mol. The van der Waals surface area contributed by atoms with Crippen molar-refractivity contribution in [2.45, 2.75) is 72.1 Å². The lowest BCUT2D eigenvalue weighted by Gasteiger charge is -2.42. The molecule has 0 unspecified atom stereocenters. The third kappa shape index (κ3) is 7.47. The summed E-state index contributed by atoms with van der Waals surface area (Å²) in [7, 11) is 1.42. The maximum absolute atomic E-state index is 12.9. The lowest BCUT2D eigenvalue weighted by Crippen LogP contribution is -2.46. The summed E-state index contributed by atoms with van der Waals surface area (Å²) >= 11 is 0. The molecule has 9 nitrogen and oxygen atoms in total. The first-order chi connectivity index (χ1) is 20.4. The smallest absolute Gasteiger partial charge is 0.410 e. The third-order valence-corrected chi connectivity index (χ3v) is 7.91. The minimum absolute atomic E-state index is 0.152. The zero-order chi connectivity index (χ0) is 31.3. The van der Waals surface area contributed by atoms with Crippen LogP contribution >= 0.6 is 0 Å². The zero-order valence-electron chi connectivity index (χ0n) is 26.4. The number of hydrogen-bond acceptors (Lipinski definition) is 7. The van der Waals surface area contributed by atoms with E-state index < -0.39 is 18.4 Å². The Morgan fingerprint density at radius 1 is 1.21 bits per heavy atom. The molecule has 0 aliphatic carbocycles. The van der Waals surface area contributed by atoms with E-state index in [0.717, 1.165) is 28.8 Å². The van der Waals surface area contributed by atoms with Crippen LogP contribution in [0.3, 0.4) is 0 Å². The second kappa shape index (κ2) is 13.8. The number of rotatable bonds is 11. The number of fused-ring (bicyclic) bond motifs is 3. The maximum atomic E-state index is 12.9. The summed E-state index contributed by atoms with van der Waals surface area (Å²) in [5.41, 5.74) is 4.67. The standard InChI is InChI=1S/C33H45FN4O5/c1-21(31(39)41-7)20-38-22(2)19-26-25-11-8-9-12-27(25)36-28(26)29(38)24-13-15-35-30(23(24)3)42-18-17-37(16-10-14-34)32(40)43-33(4,5)6/h8-9,11-13,15,21-22,29,36H,10,14,16-20H2,1-7H3/t21-,22-,29-/m1/s1. The van der Waals surface area contributed by atoms with Crippen LogP contribution in [-0.2, 0) is 20.7 Å². The number of nitrogens with one attached hydrogen (secondary N) is 1. The average Bonchev–Trinajstić information content (AvgIpc) is 3.32. The van der Waals surface area contributed by atoms with Crippen molar-refractivity contribution in [2.24, 2.45) is 5.92 Å². The monoisotopic (exact) mass is 596 g/mol. The van der Waals surface area contributed by atoms with Crippen molar-refractivity contribution in [3.63, 3.8) is 0 Å². The van der Waals surface area contributed by atoms with E-state index in [1.54, 1.807) is 27.0 Å².